The Morgan fingerprint density at radius 2 is 1.73 bits per heavy atom. The molecule has 0 aromatic heterocycles. The van der Waals surface area contributed by atoms with Crippen LogP contribution in [0, 0.1) is 11.3 Å². The highest BCUT2D eigenvalue weighted by molar-refractivity contribution is 5.91. The fourth-order valence-corrected chi connectivity index (χ4v) is 3.13. The molecule has 0 heterocycles. The summed E-state index contributed by atoms with van der Waals surface area (Å²) < 4.78 is 5.78. The summed E-state index contributed by atoms with van der Waals surface area (Å²) in [6.45, 7) is 1.04. The van der Waals surface area contributed by atoms with Gasteiger partial charge in [0.2, 0.25) is 5.91 Å². The summed E-state index contributed by atoms with van der Waals surface area (Å²) >= 11 is 0. The zero-order valence-electron chi connectivity index (χ0n) is 18.5. The van der Waals surface area contributed by atoms with Crippen molar-refractivity contribution in [2.45, 2.75) is 19.6 Å². The minimum Gasteiger partial charge on any atom is -0.489 e. The number of ether oxygens (including phenoxy) is 1. The number of nitriles is 1. The molecule has 0 atom stereocenters. The van der Waals surface area contributed by atoms with Crippen molar-refractivity contribution < 1.29 is 14.3 Å². The first-order chi connectivity index (χ1) is 16.0. The second-order valence-electron chi connectivity index (χ2n) is 7.50. The van der Waals surface area contributed by atoms with E-state index in [1.807, 2.05) is 42.5 Å². The highest BCUT2D eigenvalue weighted by Crippen LogP contribution is 2.19. The van der Waals surface area contributed by atoms with Crippen molar-refractivity contribution in [3.63, 3.8) is 0 Å². The molecule has 2 N–H and O–H groups in total. The summed E-state index contributed by atoms with van der Waals surface area (Å²) in [5, 5.41) is 14.6. The summed E-state index contributed by atoms with van der Waals surface area (Å²) in [5.41, 5.74) is 3.11. The summed E-state index contributed by atoms with van der Waals surface area (Å²) in [4.78, 5) is 26.0. The van der Waals surface area contributed by atoms with E-state index in [1.54, 1.807) is 48.3 Å². The number of amides is 3. The van der Waals surface area contributed by atoms with E-state index in [4.69, 9.17) is 10.00 Å². The largest absolute Gasteiger partial charge is 0.489 e. The fraction of sp³-hybridized carbons (Fsp3) is 0.192. The van der Waals surface area contributed by atoms with Crippen molar-refractivity contribution in [2.75, 3.05) is 18.9 Å². The molecular formula is C26H26N4O3. The number of carbonyl (C=O) groups is 2. The van der Waals surface area contributed by atoms with E-state index in [2.05, 4.69) is 16.7 Å². The van der Waals surface area contributed by atoms with Crippen LogP contribution in [-0.2, 0) is 17.9 Å². The molecule has 0 aliphatic rings. The van der Waals surface area contributed by atoms with Crippen LogP contribution >= 0.6 is 0 Å². The van der Waals surface area contributed by atoms with E-state index < -0.39 is 0 Å². The molecule has 0 spiro atoms. The van der Waals surface area contributed by atoms with Crippen LogP contribution < -0.4 is 15.4 Å². The van der Waals surface area contributed by atoms with Gasteiger partial charge in [0, 0.05) is 38.3 Å². The average Bonchev–Trinajstić information content (AvgIpc) is 2.83. The predicted octanol–water partition coefficient (Wildman–Crippen LogP) is 4.31. The molecule has 7 heteroatoms. The van der Waals surface area contributed by atoms with E-state index in [-0.39, 0.29) is 24.9 Å². The molecule has 168 valence electrons. The number of urea groups is 1. The van der Waals surface area contributed by atoms with E-state index >= 15 is 0 Å². The molecule has 3 amide bonds. The molecule has 7 nitrogen and oxygen atoms in total. The van der Waals surface area contributed by atoms with Gasteiger partial charge in [0.25, 0.3) is 0 Å². The van der Waals surface area contributed by atoms with Crippen molar-refractivity contribution in [3.05, 3.63) is 95.6 Å². The molecule has 3 rings (SSSR count). The first kappa shape index (κ1) is 23.4. The van der Waals surface area contributed by atoms with E-state index in [0.29, 0.717) is 30.2 Å². The molecule has 0 bridgehead atoms. The third kappa shape index (κ3) is 7.71. The summed E-state index contributed by atoms with van der Waals surface area (Å²) in [6.07, 6.45) is 0.150. The van der Waals surface area contributed by atoms with E-state index in [0.717, 1.165) is 11.1 Å². The normalized spacial score (nSPS) is 10.1. The van der Waals surface area contributed by atoms with Gasteiger partial charge in [0.05, 0.1) is 11.6 Å². The predicted molar refractivity (Wildman–Crippen MR) is 126 cm³/mol. The number of rotatable bonds is 9. The molecule has 33 heavy (non-hydrogen) atoms. The maximum Gasteiger partial charge on any atom is 0.317 e. The van der Waals surface area contributed by atoms with E-state index in [1.165, 1.54) is 0 Å². The van der Waals surface area contributed by atoms with Crippen LogP contribution in [0.4, 0.5) is 10.5 Å². The first-order valence-corrected chi connectivity index (χ1v) is 10.6. The number of carbonyl (C=O) groups excluding carboxylic acids is 2. The molecule has 0 saturated carbocycles. The van der Waals surface area contributed by atoms with Crippen molar-refractivity contribution >= 4 is 17.6 Å². The highest BCUT2D eigenvalue weighted by Gasteiger charge is 2.10. The molecule has 0 radical (unpaired) electrons. The number of benzene rings is 3. The van der Waals surface area contributed by atoms with Gasteiger partial charge in [0.1, 0.15) is 12.4 Å². The number of hydrogen-bond acceptors (Lipinski definition) is 4. The smallest absolute Gasteiger partial charge is 0.317 e. The number of hydrogen-bond donors (Lipinski definition) is 2. The number of nitrogens with zero attached hydrogens (tertiary/aromatic N) is 2. The molecule has 0 fully saturated rings. The summed E-state index contributed by atoms with van der Waals surface area (Å²) in [6, 6.07) is 25.9. The van der Waals surface area contributed by atoms with Crippen LogP contribution in [0.1, 0.15) is 23.1 Å². The molecule has 0 unspecified atom stereocenters. The Bertz CT molecular complexity index is 1130. The quantitative estimate of drug-likeness (QED) is 0.516. The molecule has 3 aromatic carbocycles. The van der Waals surface area contributed by atoms with Crippen LogP contribution in [-0.4, -0.2) is 30.4 Å². The Morgan fingerprint density at radius 3 is 2.52 bits per heavy atom. The van der Waals surface area contributed by atoms with Gasteiger partial charge in [-0.1, -0.05) is 48.5 Å². The van der Waals surface area contributed by atoms with Gasteiger partial charge in [-0.2, -0.15) is 5.26 Å². The monoisotopic (exact) mass is 442 g/mol. The average molecular weight is 443 g/mol. The molecular weight excluding hydrogens is 416 g/mol. The van der Waals surface area contributed by atoms with Crippen LogP contribution in [0.5, 0.6) is 5.75 Å². The third-order valence-corrected chi connectivity index (χ3v) is 4.82. The van der Waals surface area contributed by atoms with Gasteiger partial charge < -0.3 is 20.3 Å². The Kier molecular flexibility index (Phi) is 8.43. The van der Waals surface area contributed by atoms with Gasteiger partial charge >= 0.3 is 6.03 Å². The summed E-state index contributed by atoms with van der Waals surface area (Å²) in [5.74, 6) is 0.394. The van der Waals surface area contributed by atoms with E-state index in [9.17, 15) is 9.59 Å². The zero-order chi connectivity index (χ0) is 23.5. The lowest BCUT2D eigenvalue weighted by molar-refractivity contribution is -0.116. The second kappa shape index (κ2) is 11.9. The second-order valence-corrected chi connectivity index (χ2v) is 7.50. The van der Waals surface area contributed by atoms with Gasteiger partial charge in [-0.15, -0.1) is 0 Å². The fourth-order valence-electron chi connectivity index (χ4n) is 3.13. The number of anilines is 1. The van der Waals surface area contributed by atoms with Crippen molar-refractivity contribution in [1.29, 1.82) is 5.26 Å². The lowest BCUT2D eigenvalue weighted by atomic mass is 10.1. The lowest BCUT2D eigenvalue weighted by Crippen LogP contribution is -2.38. The first-order valence-electron chi connectivity index (χ1n) is 10.6. The van der Waals surface area contributed by atoms with Gasteiger partial charge in [-0.05, 0) is 35.4 Å². The Labute approximate surface area is 193 Å². The van der Waals surface area contributed by atoms with Crippen LogP contribution in [0.2, 0.25) is 0 Å². The van der Waals surface area contributed by atoms with Crippen LogP contribution in [0.15, 0.2) is 78.9 Å². The Balaban J connectivity index is 1.42. The van der Waals surface area contributed by atoms with Crippen molar-refractivity contribution in [2.24, 2.45) is 0 Å². The van der Waals surface area contributed by atoms with Crippen LogP contribution in [0.25, 0.3) is 0 Å². The highest BCUT2D eigenvalue weighted by atomic mass is 16.5. The third-order valence-electron chi connectivity index (χ3n) is 4.82. The summed E-state index contributed by atoms with van der Waals surface area (Å²) in [7, 11) is 1.71. The Hall–Kier alpha value is -4.31. The maximum absolute atomic E-state index is 12.3. The minimum atomic E-state index is -0.234. The molecule has 3 aromatic rings. The van der Waals surface area contributed by atoms with Crippen molar-refractivity contribution in [1.82, 2.24) is 10.2 Å². The van der Waals surface area contributed by atoms with Gasteiger partial charge in [-0.25, -0.2) is 4.79 Å². The van der Waals surface area contributed by atoms with Crippen LogP contribution in [0.3, 0.4) is 0 Å². The van der Waals surface area contributed by atoms with Gasteiger partial charge in [-0.3, -0.25) is 4.79 Å². The van der Waals surface area contributed by atoms with Gasteiger partial charge in [0.15, 0.2) is 0 Å². The Morgan fingerprint density at radius 1 is 0.970 bits per heavy atom. The molecule has 0 aliphatic heterocycles. The minimum absolute atomic E-state index is 0.150. The molecule has 0 aliphatic carbocycles. The zero-order valence-corrected chi connectivity index (χ0v) is 18.5. The SMILES string of the molecule is CN(Cc1ccccc1)C(=O)NCCC(=O)Nc1cccc(OCc2cccc(C#N)c2)c1. The maximum atomic E-state index is 12.3. The lowest BCUT2D eigenvalue weighted by Gasteiger charge is -2.18. The standard InChI is InChI=1S/C26H26N4O3/c1-30(18-20-7-3-2-4-8-20)26(32)28-14-13-25(31)29-23-11-6-12-24(16-23)33-19-22-10-5-9-21(15-22)17-27/h2-12,15-16H,13-14,18-19H2,1H3,(H,28,32)(H,29,31). The topological polar surface area (TPSA) is 94.5 Å². The molecule has 0 saturated heterocycles. The number of nitrogens with one attached hydrogen (secondary N) is 2. The van der Waals surface area contributed by atoms with Crippen molar-refractivity contribution in [3.8, 4) is 11.8 Å².